The minimum absolute atomic E-state index is 0.00205. The molecule has 1 aliphatic heterocycles. The summed E-state index contributed by atoms with van der Waals surface area (Å²) in [4.78, 5) is 14.9. The Kier molecular flexibility index (Phi) is 5.81. The lowest BCUT2D eigenvalue weighted by Gasteiger charge is -2.25. The summed E-state index contributed by atoms with van der Waals surface area (Å²) >= 11 is 0. The number of aliphatic hydroxyl groups excluding tert-OH is 1. The molecule has 5 nitrogen and oxygen atoms in total. The van der Waals surface area contributed by atoms with E-state index in [2.05, 4.69) is 59.7 Å². The van der Waals surface area contributed by atoms with E-state index in [1.165, 1.54) is 5.56 Å². The van der Waals surface area contributed by atoms with Crippen molar-refractivity contribution in [3.8, 4) is 11.1 Å². The van der Waals surface area contributed by atoms with Crippen LogP contribution >= 0.6 is 0 Å². The van der Waals surface area contributed by atoms with Gasteiger partial charge in [0.1, 0.15) is 6.17 Å². The Morgan fingerprint density at radius 1 is 1.22 bits per heavy atom. The fourth-order valence-electron chi connectivity index (χ4n) is 3.19. The highest BCUT2D eigenvalue weighted by atomic mass is 16.3. The molecule has 27 heavy (non-hydrogen) atoms. The van der Waals surface area contributed by atoms with Gasteiger partial charge in [-0.1, -0.05) is 29.8 Å². The van der Waals surface area contributed by atoms with E-state index in [0.717, 1.165) is 23.2 Å². The quantitative estimate of drug-likeness (QED) is 0.736. The Hall–Kier alpha value is -2.79. The Bertz CT molecular complexity index is 830. The molecule has 0 aromatic heterocycles. The summed E-state index contributed by atoms with van der Waals surface area (Å²) < 4.78 is 0. The number of rotatable bonds is 6. The zero-order chi connectivity index (χ0) is 19.4. The summed E-state index contributed by atoms with van der Waals surface area (Å²) in [5.74, 6) is -0.180. The highest BCUT2D eigenvalue weighted by Gasteiger charge is 2.22. The van der Waals surface area contributed by atoms with Crippen molar-refractivity contribution >= 4 is 5.91 Å². The molecule has 2 aromatic carbocycles. The van der Waals surface area contributed by atoms with Crippen molar-refractivity contribution in [3.63, 3.8) is 0 Å². The van der Waals surface area contributed by atoms with Gasteiger partial charge in [-0.05, 0) is 55.7 Å². The molecule has 0 aliphatic carbocycles. The lowest BCUT2D eigenvalue weighted by molar-refractivity contribution is 0.0922. The number of hydrogen-bond donors (Lipinski definition) is 3. The first-order valence-corrected chi connectivity index (χ1v) is 9.34. The van der Waals surface area contributed by atoms with E-state index < -0.39 is 0 Å². The molecule has 0 fully saturated rings. The molecule has 0 saturated heterocycles. The summed E-state index contributed by atoms with van der Waals surface area (Å²) in [6.45, 7) is 6.72. The number of hydrogen-bond acceptors (Lipinski definition) is 4. The van der Waals surface area contributed by atoms with Crippen LogP contribution in [0, 0.1) is 6.92 Å². The number of aryl methyl sites for hydroxylation is 1. The predicted molar refractivity (Wildman–Crippen MR) is 108 cm³/mol. The van der Waals surface area contributed by atoms with Crippen LogP contribution in [0.4, 0.5) is 0 Å². The van der Waals surface area contributed by atoms with Gasteiger partial charge in [-0.25, -0.2) is 0 Å². The van der Waals surface area contributed by atoms with Crippen LogP contribution in [0.15, 0.2) is 54.9 Å². The van der Waals surface area contributed by atoms with Crippen LogP contribution in [-0.4, -0.2) is 35.1 Å². The molecule has 3 rings (SSSR count). The van der Waals surface area contributed by atoms with Gasteiger partial charge in [-0.3, -0.25) is 4.79 Å². The van der Waals surface area contributed by atoms with Gasteiger partial charge in [0.05, 0.1) is 6.61 Å². The monoisotopic (exact) mass is 365 g/mol. The molecule has 0 bridgehead atoms. The van der Waals surface area contributed by atoms with E-state index in [0.29, 0.717) is 5.56 Å². The van der Waals surface area contributed by atoms with Gasteiger partial charge in [-0.2, -0.15) is 0 Å². The molecule has 1 unspecified atom stereocenters. The summed E-state index contributed by atoms with van der Waals surface area (Å²) in [6, 6.07) is 14.0. The number of aliphatic hydroxyl groups is 1. The number of carbonyl (C=O) groups excluding carboxylic acids is 1. The molecule has 1 aliphatic rings. The fraction of sp³-hybridized carbons (Fsp3) is 0.318. The summed E-state index contributed by atoms with van der Waals surface area (Å²) in [6.07, 6.45) is 3.96. The molecule has 5 heteroatoms. The maximum Gasteiger partial charge on any atom is 0.251 e. The lowest BCUT2D eigenvalue weighted by Crippen LogP contribution is -2.35. The summed E-state index contributed by atoms with van der Waals surface area (Å²) in [5, 5.41) is 15.4. The SMILES string of the molecule is CCN1C=CN[C@H]1c1cc(C(=O)NC(C)CO)cc(-c2ccc(C)cc2)c1. The van der Waals surface area contributed by atoms with Crippen LogP contribution in [0.5, 0.6) is 0 Å². The average Bonchev–Trinajstić information content (AvgIpc) is 3.17. The predicted octanol–water partition coefficient (Wildman–Crippen LogP) is 3.17. The standard InChI is InChI=1S/C22H27N3O2/c1-4-25-10-9-23-21(25)19-11-18(17-7-5-15(2)6-8-17)12-20(13-19)22(27)24-16(3)14-26/h5-13,16,21,23,26H,4,14H2,1-3H3,(H,24,27)/t16?,21-/m1/s1. The Morgan fingerprint density at radius 2 is 1.96 bits per heavy atom. The van der Waals surface area contributed by atoms with Crippen LogP contribution in [0.3, 0.4) is 0 Å². The third kappa shape index (κ3) is 4.31. The number of carbonyl (C=O) groups is 1. The summed E-state index contributed by atoms with van der Waals surface area (Å²) in [5.41, 5.74) is 4.89. The molecule has 0 spiro atoms. The van der Waals surface area contributed by atoms with Crippen LogP contribution in [0.25, 0.3) is 11.1 Å². The van der Waals surface area contributed by atoms with Gasteiger partial charge in [0.25, 0.3) is 5.91 Å². The van der Waals surface area contributed by atoms with Crippen molar-refractivity contribution in [2.45, 2.75) is 33.0 Å². The van der Waals surface area contributed by atoms with E-state index in [4.69, 9.17) is 0 Å². The lowest BCUT2D eigenvalue weighted by atomic mass is 9.97. The van der Waals surface area contributed by atoms with Crippen LogP contribution < -0.4 is 10.6 Å². The van der Waals surface area contributed by atoms with E-state index >= 15 is 0 Å². The Balaban J connectivity index is 2.02. The largest absolute Gasteiger partial charge is 0.394 e. The minimum Gasteiger partial charge on any atom is -0.394 e. The molecular formula is C22H27N3O2. The smallest absolute Gasteiger partial charge is 0.251 e. The van der Waals surface area contributed by atoms with E-state index in [1.54, 1.807) is 6.92 Å². The first-order chi connectivity index (χ1) is 13.0. The number of nitrogens with zero attached hydrogens (tertiary/aromatic N) is 1. The minimum atomic E-state index is -0.289. The topological polar surface area (TPSA) is 64.6 Å². The van der Waals surface area contributed by atoms with E-state index in [-0.39, 0.29) is 24.7 Å². The highest BCUT2D eigenvalue weighted by molar-refractivity contribution is 5.96. The van der Waals surface area contributed by atoms with Crippen molar-refractivity contribution in [1.29, 1.82) is 0 Å². The second kappa shape index (κ2) is 8.27. The van der Waals surface area contributed by atoms with Gasteiger partial charge >= 0.3 is 0 Å². The van der Waals surface area contributed by atoms with Crippen molar-refractivity contribution in [2.75, 3.05) is 13.2 Å². The Labute approximate surface area is 160 Å². The molecule has 1 heterocycles. The van der Waals surface area contributed by atoms with Crippen LogP contribution in [0.1, 0.15) is 41.5 Å². The van der Waals surface area contributed by atoms with Gasteiger partial charge in [0, 0.05) is 30.5 Å². The maximum absolute atomic E-state index is 12.7. The van der Waals surface area contributed by atoms with Gasteiger partial charge < -0.3 is 20.6 Å². The zero-order valence-corrected chi connectivity index (χ0v) is 16.1. The number of nitrogens with one attached hydrogen (secondary N) is 2. The molecule has 1 amide bonds. The van der Waals surface area contributed by atoms with E-state index in [9.17, 15) is 9.90 Å². The van der Waals surface area contributed by atoms with Crippen molar-refractivity contribution in [3.05, 3.63) is 71.6 Å². The second-order valence-corrected chi connectivity index (χ2v) is 6.98. The van der Waals surface area contributed by atoms with Gasteiger partial charge in [0.2, 0.25) is 0 Å². The Morgan fingerprint density at radius 3 is 2.63 bits per heavy atom. The number of benzene rings is 2. The fourth-order valence-corrected chi connectivity index (χ4v) is 3.19. The zero-order valence-electron chi connectivity index (χ0n) is 16.1. The van der Waals surface area contributed by atoms with Crippen molar-refractivity contribution < 1.29 is 9.90 Å². The van der Waals surface area contributed by atoms with Crippen molar-refractivity contribution in [2.24, 2.45) is 0 Å². The van der Waals surface area contributed by atoms with Crippen LogP contribution in [-0.2, 0) is 0 Å². The second-order valence-electron chi connectivity index (χ2n) is 6.98. The average molecular weight is 365 g/mol. The molecule has 2 aromatic rings. The molecular weight excluding hydrogens is 338 g/mol. The van der Waals surface area contributed by atoms with Gasteiger partial charge in [-0.15, -0.1) is 0 Å². The first kappa shape index (κ1) is 19.0. The molecule has 0 radical (unpaired) electrons. The van der Waals surface area contributed by atoms with Gasteiger partial charge in [0.15, 0.2) is 0 Å². The highest BCUT2D eigenvalue weighted by Crippen LogP contribution is 2.29. The first-order valence-electron chi connectivity index (χ1n) is 9.34. The molecule has 0 saturated carbocycles. The molecule has 3 N–H and O–H groups in total. The van der Waals surface area contributed by atoms with Crippen molar-refractivity contribution in [1.82, 2.24) is 15.5 Å². The third-order valence-electron chi connectivity index (χ3n) is 4.79. The number of amides is 1. The van der Waals surface area contributed by atoms with E-state index in [1.807, 2.05) is 24.5 Å². The summed E-state index contributed by atoms with van der Waals surface area (Å²) in [7, 11) is 0. The maximum atomic E-state index is 12.7. The third-order valence-corrected chi connectivity index (χ3v) is 4.79. The molecule has 2 atom stereocenters. The van der Waals surface area contributed by atoms with Crippen LogP contribution in [0.2, 0.25) is 0 Å². The normalized spacial score (nSPS) is 16.9. The molecule has 142 valence electrons.